The smallest absolute Gasteiger partial charge is 0.0801 e. The monoisotopic (exact) mass is 373 g/mol. The van der Waals surface area contributed by atoms with E-state index in [4.69, 9.17) is 11.6 Å². The Hall–Kier alpha value is -0.720. The highest BCUT2D eigenvalue weighted by Crippen LogP contribution is 2.26. The average molecular weight is 374 g/mol. The zero-order valence-corrected chi connectivity index (χ0v) is 12.8. The van der Waals surface area contributed by atoms with Gasteiger partial charge in [-0.15, -0.1) is 0 Å². The number of halogens is 2. The molecule has 0 radical (unpaired) electrons. The lowest BCUT2D eigenvalue weighted by atomic mass is 10.0. The normalized spacial score (nSPS) is 12.4. The summed E-state index contributed by atoms with van der Waals surface area (Å²) in [5, 5.41) is 4.16. The summed E-state index contributed by atoms with van der Waals surface area (Å²) < 4.78 is 1.05. The first-order chi connectivity index (χ1) is 8.72. The van der Waals surface area contributed by atoms with Crippen molar-refractivity contribution in [2.75, 3.05) is 6.54 Å². The van der Waals surface area contributed by atoms with Crippen molar-refractivity contribution in [3.63, 3.8) is 0 Å². The van der Waals surface area contributed by atoms with Gasteiger partial charge >= 0.3 is 0 Å². The van der Waals surface area contributed by atoms with E-state index in [0.29, 0.717) is 0 Å². The van der Waals surface area contributed by atoms with Gasteiger partial charge in [0.2, 0.25) is 0 Å². The van der Waals surface area contributed by atoms with Crippen LogP contribution in [0.2, 0.25) is 5.02 Å². The molecule has 1 unspecified atom stereocenters. The van der Waals surface area contributed by atoms with Gasteiger partial charge in [0.1, 0.15) is 0 Å². The second kappa shape index (κ2) is 6.45. The molecule has 1 heterocycles. The highest BCUT2D eigenvalue weighted by atomic mass is 127. The minimum Gasteiger partial charge on any atom is -0.305 e. The standard InChI is InChI=1S/C13H13ClIN3/c1-2-17-13(12-8-16-5-6-18-12)9-3-4-11(15)10(14)7-9/h3-8,13,17H,2H2,1H3. The van der Waals surface area contributed by atoms with Crippen molar-refractivity contribution in [3.8, 4) is 0 Å². The van der Waals surface area contributed by atoms with Crippen molar-refractivity contribution in [1.29, 1.82) is 0 Å². The lowest BCUT2D eigenvalue weighted by Gasteiger charge is -2.18. The Morgan fingerprint density at radius 3 is 2.83 bits per heavy atom. The molecule has 0 aliphatic heterocycles. The second-order valence-corrected chi connectivity index (χ2v) is 5.36. The molecular weight excluding hydrogens is 361 g/mol. The summed E-state index contributed by atoms with van der Waals surface area (Å²) in [4.78, 5) is 8.47. The molecular formula is C13H13ClIN3. The number of rotatable bonds is 4. The van der Waals surface area contributed by atoms with Gasteiger partial charge in [0.15, 0.2) is 0 Å². The van der Waals surface area contributed by atoms with E-state index in [1.54, 1.807) is 18.6 Å². The molecule has 0 amide bonds. The fourth-order valence-corrected chi connectivity index (χ4v) is 2.27. The van der Waals surface area contributed by atoms with E-state index in [9.17, 15) is 0 Å². The van der Waals surface area contributed by atoms with Gasteiger partial charge in [-0.2, -0.15) is 0 Å². The van der Waals surface area contributed by atoms with Crippen molar-refractivity contribution in [1.82, 2.24) is 15.3 Å². The van der Waals surface area contributed by atoms with E-state index in [2.05, 4.69) is 50.9 Å². The molecule has 2 rings (SSSR count). The third kappa shape index (κ3) is 3.18. The summed E-state index contributed by atoms with van der Waals surface area (Å²) >= 11 is 8.39. The van der Waals surface area contributed by atoms with Crippen molar-refractivity contribution in [2.45, 2.75) is 13.0 Å². The van der Waals surface area contributed by atoms with Crippen molar-refractivity contribution in [3.05, 3.63) is 56.6 Å². The van der Waals surface area contributed by atoms with Crippen LogP contribution in [0.4, 0.5) is 0 Å². The highest BCUT2D eigenvalue weighted by Gasteiger charge is 2.15. The summed E-state index contributed by atoms with van der Waals surface area (Å²) in [7, 11) is 0. The molecule has 1 atom stereocenters. The van der Waals surface area contributed by atoms with Crippen LogP contribution in [0.25, 0.3) is 0 Å². The van der Waals surface area contributed by atoms with Crippen LogP contribution in [-0.4, -0.2) is 16.5 Å². The van der Waals surface area contributed by atoms with Crippen molar-refractivity contribution < 1.29 is 0 Å². The third-order valence-corrected chi connectivity index (χ3v) is 4.14. The molecule has 94 valence electrons. The molecule has 5 heteroatoms. The Labute approximate surface area is 125 Å². The molecule has 1 N–H and O–H groups in total. The molecule has 1 aromatic carbocycles. The Kier molecular flexibility index (Phi) is 4.91. The van der Waals surface area contributed by atoms with Crippen LogP contribution in [0.3, 0.4) is 0 Å². The van der Waals surface area contributed by atoms with Crippen molar-refractivity contribution in [2.24, 2.45) is 0 Å². The highest BCUT2D eigenvalue weighted by molar-refractivity contribution is 14.1. The van der Waals surface area contributed by atoms with Crippen LogP contribution in [0.5, 0.6) is 0 Å². The fourth-order valence-electron chi connectivity index (χ4n) is 1.75. The molecule has 0 saturated carbocycles. The number of aromatic nitrogens is 2. The maximum atomic E-state index is 6.17. The summed E-state index contributed by atoms with van der Waals surface area (Å²) in [6, 6.07) is 6.08. The summed E-state index contributed by atoms with van der Waals surface area (Å²) in [5.74, 6) is 0. The molecule has 0 spiro atoms. The Morgan fingerprint density at radius 2 is 2.22 bits per heavy atom. The topological polar surface area (TPSA) is 37.8 Å². The minimum atomic E-state index is 0.0261. The first-order valence-electron chi connectivity index (χ1n) is 5.66. The number of hydrogen-bond donors (Lipinski definition) is 1. The lowest BCUT2D eigenvalue weighted by Crippen LogP contribution is -2.23. The van der Waals surface area contributed by atoms with Gasteiger partial charge in [-0.25, -0.2) is 0 Å². The average Bonchev–Trinajstić information content (AvgIpc) is 2.40. The molecule has 0 aliphatic carbocycles. The molecule has 2 aromatic rings. The van der Waals surface area contributed by atoms with E-state index >= 15 is 0 Å². The summed E-state index contributed by atoms with van der Waals surface area (Å²) in [6.45, 7) is 2.92. The van der Waals surface area contributed by atoms with E-state index in [1.165, 1.54) is 0 Å². The predicted molar refractivity (Wildman–Crippen MR) is 81.7 cm³/mol. The van der Waals surface area contributed by atoms with E-state index in [-0.39, 0.29) is 6.04 Å². The fraction of sp³-hybridized carbons (Fsp3) is 0.231. The quantitative estimate of drug-likeness (QED) is 0.835. The minimum absolute atomic E-state index is 0.0261. The number of benzene rings is 1. The number of hydrogen-bond acceptors (Lipinski definition) is 3. The van der Waals surface area contributed by atoms with Crippen LogP contribution in [0, 0.1) is 3.57 Å². The van der Waals surface area contributed by atoms with Gasteiger partial charge < -0.3 is 5.32 Å². The molecule has 0 saturated heterocycles. The third-order valence-electron chi connectivity index (χ3n) is 2.56. The molecule has 0 fully saturated rings. The van der Waals surface area contributed by atoms with Crippen LogP contribution in [-0.2, 0) is 0 Å². The van der Waals surface area contributed by atoms with Crippen LogP contribution >= 0.6 is 34.2 Å². The van der Waals surface area contributed by atoms with Gasteiger partial charge in [-0.3, -0.25) is 9.97 Å². The van der Waals surface area contributed by atoms with Crippen LogP contribution in [0.1, 0.15) is 24.2 Å². The number of nitrogens with one attached hydrogen (secondary N) is 1. The van der Waals surface area contributed by atoms with Gasteiger partial charge in [0.25, 0.3) is 0 Å². The van der Waals surface area contributed by atoms with Crippen molar-refractivity contribution >= 4 is 34.2 Å². The molecule has 0 aliphatic rings. The Bertz CT molecular complexity index is 519. The Morgan fingerprint density at radius 1 is 1.39 bits per heavy atom. The zero-order valence-electron chi connectivity index (χ0n) is 9.90. The molecule has 1 aromatic heterocycles. The van der Waals surface area contributed by atoms with Gasteiger partial charge in [0, 0.05) is 16.0 Å². The maximum Gasteiger partial charge on any atom is 0.0801 e. The lowest BCUT2D eigenvalue weighted by molar-refractivity contribution is 0.612. The Balaban J connectivity index is 2.38. The van der Waals surface area contributed by atoms with Crippen LogP contribution in [0.15, 0.2) is 36.8 Å². The maximum absolute atomic E-state index is 6.17. The zero-order chi connectivity index (χ0) is 13.0. The number of nitrogens with zero attached hydrogens (tertiary/aromatic N) is 2. The van der Waals surface area contributed by atoms with E-state index in [0.717, 1.165) is 26.4 Å². The summed E-state index contributed by atoms with van der Waals surface area (Å²) in [6.07, 6.45) is 5.15. The van der Waals surface area contributed by atoms with Gasteiger partial charge in [0.05, 0.1) is 23.0 Å². The second-order valence-electron chi connectivity index (χ2n) is 3.79. The first-order valence-corrected chi connectivity index (χ1v) is 7.12. The van der Waals surface area contributed by atoms with Crippen LogP contribution < -0.4 is 5.32 Å². The van der Waals surface area contributed by atoms with Gasteiger partial charge in [-0.1, -0.05) is 24.6 Å². The van der Waals surface area contributed by atoms with E-state index in [1.807, 2.05) is 12.1 Å². The van der Waals surface area contributed by atoms with Gasteiger partial charge in [-0.05, 0) is 46.8 Å². The molecule has 3 nitrogen and oxygen atoms in total. The SMILES string of the molecule is CCNC(c1ccc(I)c(Cl)c1)c1cnccn1. The molecule has 0 bridgehead atoms. The van der Waals surface area contributed by atoms with E-state index < -0.39 is 0 Å². The summed E-state index contributed by atoms with van der Waals surface area (Å²) in [5.41, 5.74) is 2.00. The first kappa shape index (κ1) is 13.7. The largest absolute Gasteiger partial charge is 0.305 e. The predicted octanol–water partition coefficient (Wildman–Crippen LogP) is 3.43. The molecule has 18 heavy (non-hydrogen) atoms.